The van der Waals surface area contributed by atoms with E-state index in [1.165, 1.54) is 0 Å². The van der Waals surface area contributed by atoms with Gasteiger partial charge >= 0.3 is 0 Å². The molecule has 0 aliphatic rings. The second kappa shape index (κ2) is 3.86. The summed E-state index contributed by atoms with van der Waals surface area (Å²) in [5, 5.41) is 4.34. The largest absolute Gasteiger partial charge is 0.334 e. The monoisotopic (exact) mass is 320 g/mol. The highest BCUT2D eigenvalue weighted by Crippen LogP contribution is 2.27. The van der Waals surface area contributed by atoms with Gasteiger partial charge in [-0.25, -0.2) is 0 Å². The highest BCUT2D eigenvalue weighted by Gasteiger charge is 2.10. The molecule has 14 heavy (non-hydrogen) atoms. The van der Waals surface area contributed by atoms with Crippen LogP contribution in [0.4, 0.5) is 0 Å². The van der Waals surface area contributed by atoms with Crippen molar-refractivity contribution in [2.45, 2.75) is 6.92 Å². The molecule has 1 aromatic carbocycles. The van der Waals surface area contributed by atoms with Crippen molar-refractivity contribution in [2.24, 2.45) is 0 Å². The molecule has 2 rings (SSSR count). The molecule has 5 heteroatoms. The van der Waals surface area contributed by atoms with Crippen LogP contribution in [0.3, 0.4) is 0 Å². The van der Waals surface area contributed by atoms with Crippen molar-refractivity contribution in [3.8, 4) is 11.5 Å². The van der Waals surface area contributed by atoms with Crippen LogP contribution in [0.1, 0.15) is 5.82 Å². The Hall–Kier alpha value is -0.620. The zero-order chi connectivity index (χ0) is 10.1. The van der Waals surface area contributed by atoms with E-state index < -0.39 is 0 Å². The van der Waals surface area contributed by atoms with Crippen molar-refractivity contribution in [1.29, 1.82) is 0 Å². The lowest BCUT2D eigenvalue weighted by Crippen LogP contribution is -1.81. The van der Waals surface area contributed by atoms with Crippen molar-refractivity contribution < 1.29 is 4.52 Å². The van der Waals surface area contributed by atoms with Crippen molar-refractivity contribution in [2.75, 3.05) is 0 Å². The average Bonchev–Trinajstić information content (AvgIpc) is 2.56. The van der Waals surface area contributed by atoms with Gasteiger partial charge in [-0.2, -0.15) is 4.98 Å². The number of halogens is 2. The summed E-state index contributed by atoms with van der Waals surface area (Å²) in [7, 11) is 0. The van der Waals surface area contributed by atoms with Crippen LogP contribution in [0.25, 0.3) is 11.5 Å². The molecule has 0 unspecified atom stereocenters. The molecule has 72 valence electrons. The van der Waals surface area contributed by atoms with Crippen LogP contribution in [0.2, 0.25) is 5.02 Å². The van der Waals surface area contributed by atoms with Crippen LogP contribution in [0.5, 0.6) is 0 Å². The highest BCUT2D eigenvalue weighted by molar-refractivity contribution is 14.1. The molecule has 0 bridgehead atoms. The molecule has 0 amide bonds. The number of aromatic nitrogens is 2. The molecule has 0 atom stereocenters. The Bertz CT molecular complexity index is 470. The smallest absolute Gasteiger partial charge is 0.259 e. The molecule has 0 saturated heterocycles. The van der Waals surface area contributed by atoms with Crippen LogP contribution in [0.15, 0.2) is 22.7 Å². The Morgan fingerprint density at radius 2 is 2.21 bits per heavy atom. The van der Waals surface area contributed by atoms with Crippen LogP contribution in [-0.4, -0.2) is 10.1 Å². The zero-order valence-electron chi connectivity index (χ0n) is 7.29. The van der Waals surface area contributed by atoms with Gasteiger partial charge in [0.05, 0.1) is 10.6 Å². The summed E-state index contributed by atoms with van der Waals surface area (Å²) in [5.74, 6) is 1.07. The predicted molar refractivity (Wildman–Crippen MR) is 62.2 cm³/mol. The lowest BCUT2D eigenvalue weighted by Gasteiger charge is -1.98. The second-order valence-electron chi connectivity index (χ2n) is 2.77. The number of nitrogens with zero attached hydrogens (tertiary/aromatic N) is 2. The summed E-state index contributed by atoms with van der Waals surface area (Å²) in [6.07, 6.45) is 0. The Balaban J connectivity index is 2.55. The first-order valence-electron chi connectivity index (χ1n) is 3.92. The van der Waals surface area contributed by atoms with E-state index in [1.54, 1.807) is 6.92 Å². The summed E-state index contributed by atoms with van der Waals surface area (Å²) in [6.45, 7) is 1.77. The Morgan fingerprint density at radius 1 is 1.43 bits per heavy atom. The van der Waals surface area contributed by atoms with E-state index in [4.69, 9.17) is 16.1 Å². The third-order valence-electron chi connectivity index (χ3n) is 1.69. The first-order chi connectivity index (χ1) is 6.66. The van der Waals surface area contributed by atoms with Gasteiger partial charge in [0.2, 0.25) is 0 Å². The van der Waals surface area contributed by atoms with E-state index in [-0.39, 0.29) is 0 Å². The lowest BCUT2D eigenvalue weighted by atomic mass is 10.2. The van der Waals surface area contributed by atoms with Crippen molar-refractivity contribution >= 4 is 34.2 Å². The zero-order valence-corrected chi connectivity index (χ0v) is 10.2. The molecule has 0 saturated carbocycles. The Labute approximate surface area is 99.6 Å². The van der Waals surface area contributed by atoms with Crippen molar-refractivity contribution in [3.63, 3.8) is 0 Å². The maximum Gasteiger partial charge on any atom is 0.259 e. The van der Waals surface area contributed by atoms with Gasteiger partial charge in [0, 0.05) is 3.57 Å². The topological polar surface area (TPSA) is 38.9 Å². The van der Waals surface area contributed by atoms with E-state index >= 15 is 0 Å². The number of rotatable bonds is 1. The van der Waals surface area contributed by atoms with Gasteiger partial charge in [-0.15, -0.1) is 0 Å². The molecule has 1 heterocycles. The molecule has 1 aromatic heterocycles. The third kappa shape index (κ3) is 1.90. The van der Waals surface area contributed by atoms with E-state index in [0.29, 0.717) is 16.7 Å². The van der Waals surface area contributed by atoms with Gasteiger partial charge in [-0.3, -0.25) is 0 Å². The summed E-state index contributed by atoms with van der Waals surface area (Å²) in [5.41, 5.74) is 0.777. The summed E-state index contributed by atoms with van der Waals surface area (Å²) in [4.78, 5) is 4.12. The maximum atomic E-state index is 6.01. The maximum absolute atomic E-state index is 6.01. The SMILES string of the molecule is Cc1noc(-c2cc(I)ccc2Cl)n1. The molecule has 0 aliphatic heterocycles. The highest BCUT2D eigenvalue weighted by atomic mass is 127. The van der Waals surface area contributed by atoms with Gasteiger partial charge < -0.3 is 4.52 Å². The van der Waals surface area contributed by atoms with E-state index in [2.05, 4.69) is 32.7 Å². The molecule has 0 aliphatic carbocycles. The fourth-order valence-electron chi connectivity index (χ4n) is 1.07. The second-order valence-corrected chi connectivity index (χ2v) is 4.42. The van der Waals surface area contributed by atoms with Crippen molar-refractivity contribution in [3.05, 3.63) is 32.6 Å². The van der Waals surface area contributed by atoms with E-state index in [9.17, 15) is 0 Å². The van der Waals surface area contributed by atoms with Gasteiger partial charge in [-0.05, 0) is 47.7 Å². The van der Waals surface area contributed by atoms with Gasteiger partial charge in [0.25, 0.3) is 5.89 Å². The lowest BCUT2D eigenvalue weighted by molar-refractivity contribution is 0.425. The summed E-state index contributed by atoms with van der Waals surface area (Å²) < 4.78 is 6.12. The van der Waals surface area contributed by atoms with Gasteiger partial charge in [0.15, 0.2) is 5.82 Å². The molecular formula is C9H6ClIN2O. The van der Waals surface area contributed by atoms with Crippen LogP contribution >= 0.6 is 34.2 Å². The van der Waals surface area contributed by atoms with Crippen LogP contribution in [-0.2, 0) is 0 Å². The molecule has 3 nitrogen and oxygen atoms in total. The molecule has 2 aromatic rings. The number of benzene rings is 1. The molecule has 0 N–H and O–H groups in total. The van der Waals surface area contributed by atoms with Gasteiger partial charge in [0.1, 0.15) is 0 Å². The first kappa shape index (κ1) is 9.92. The standard InChI is InChI=1S/C9H6ClIN2O/c1-5-12-9(14-13-5)7-4-6(11)2-3-8(7)10/h2-4H,1H3. The minimum atomic E-state index is 0.464. The van der Waals surface area contributed by atoms with Crippen molar-refractivity contribution in [1.82, 2.24) is 10.1 Å². The minimum Gasteiger partial charge on any atom is -0.334 e. The molecule has 0 fully saturated rings. The predicted octanol–water partition coefficient (Wildman–Crippen LogP) is 3.30. The Kier molecular flexibility index (Phi) is 2.73. The summed E-state index contributed by atoms with van der Waals surface area (Å²) in [6, 6.07) is 5.66. The average molecular weight is 321 g/mol. The van der Waals surface area contributed by atoms with Crippen LogP contribution in [0, 0.1) is 10.5 Å². The quantitative estimate of drug-likeness (QED) is 0.757. The molecular weight excluding hydrogens is 314 g/mol. The number of hydrogen-bond acceptors (Lipinski definition) is 3. The summed E-state index contributed by atoms with van der Waals surface area (Å²) >= 11 is 8.22. The Morgan fingerprint density at radius 3 is 2.86 bits per heavy atom. The van der Waals surface area contributed by atoms with Crippen LogP contribution < -0.4 is 0 Å². The van der Waals surface area contributed by atoms with Gasteiger partial charge in [-0.1, -0.05) is 16.8 Å². The van der Waals surface area contributed by atoms with E-state index in [0.717, 1.165) is 9.13 Å². The molecule has 0 spiro atoms. The molecule has 0 radical (unpaired) electrons. The van der Waals surface area contributed by atoms with E-state index in [1.807, 2.05) is 18.2 Å². The fourth-order valence-corrected chi connectivity index (χ4v) is 1.76. The number of hydrogen-bond donors (Lipinski definition) is 0. The fraction of sp³-hybridized carbons (Fsp3) is 0.111. The first-order valence-corrected chi connectivity index (χ1v) is 5.38. The minimum absolute atomic E-state index is 0.464. The normalized spacial score (nSPS) is 10.5. The number of aryl methyl sites for hydroxylation is 1. The third-order valence-corrected chi connectivity index (χ3v) is 2.69.